The lowest BCUT2D eigenvalue weighted by molar-refractivity contribution is -0.119. The van der Waals surface area contributed by atoms with Crippen LogP contribution in [0.2, 0.25) is 0 Å². The number of primary amides is 1. The topological polar surface area (TPSA) is 75.4 Å². The fourth-order valence-corrected chi connectivity index (χ4v) is 1.57. The van der Waals surface area contributed by atoms with Crippen molar-refractivity contribution >= 4 is 11.9 Å². The second kappa shape index (κ2) is 3.24. The SMILES string of the molecule is CC(C)(CC(N)=O)N1CCNC1=O. The maximum absolute atomic E-state index is 11.3. The number of nitrogens with one attached hydrogen (secondary N) is 1. The van der Waals surface area contributed by atoms with Crippen LogP contribution in [0.15, 0.2) is 0 Å². The number of hydrogen-bond donors (Lipinski definition) is 2. The molecule has 0 spiro atoms. The van der Waals surface area contributed by atoms with Crippen LogP contribution in [-0.4, -0.2) is 35.5 Å². The maximum Gasteiger partial charge on any atom is 0.317 e. The predicted octanol–water partition coefficient (Wildman–Crippen LogP) is -0.334. The molecule has 0 radical (unpaired) electrons. The lowest BCUT2D eigenvalue weighted by Gasteiger charge is -2.33. The van der Waals surface area contributed by atoms with Crippen LogP contribution >= 0.6 is 0 Å². The van der Waals surface area contributed by atoms with E-state index in [2.05, 4.69) is 5.32 Å². The summed E-state index contributed by atoms with van der Waals surface area (Å²) in [5.41, 5.74) is 4.61. The quantitative estimate of drug-likeness (QED) is 0.631. The van der Waals surface area contributed by atoms with Crippen LogP contribution < -0.4 is 11.1 Å². The Kier molecular flexibility index (Phi) is 2.45. The third-order valence-electron chi connectivity index (χ3n) is 2.19. The number of carbonyl (C=O) groups excluding carboxylic acids is 2. The van der Waals surface area contributed by atoms with Gasteiger partial charge in [0.1, 0.15) is 0 Å². The monoisotopic (exact) mass is 185 g/mol. The fourth-order valence-electron chi connectivity index (χ4n) is 1.57. The lowest BCUT2D eigenvalue weighted by Crippen LogP contribution is -2.48. The molecule has 1 rings (SSSR count). The first kappa shape index (κ1) is 9.83. The molecule has 3 amide bonds. The molecule has 5 heteroatoms. The summed E-state index contributed by atoms with van der Waals surface area (Å²) in [5, 5.41) is 2.68. The van der Waals surface area contributed by atoms with E-state index in [4.69, 9.17) is 5.73 Å². The van der Waals surface area contributed by atoms with E-state index in [9.17, 15) is 9.59 Å². The Morgan fingerprint density at radius 3 is 2.69 bits per heavy atom. The van der Waals surface area contributed by atoms with E-state index >= 15 is 0 Å². The average molecular weight is 185 g/mol. The zero-order valence-corrected chi connectivity index (χ0v) is 7.96. The van der Waals surface area contributed by atoms with E-state index in [1.807, 2.05) is 13.8 Å². The van der Waals surface area contributed by atoms with Crippen molar-refractivity contribution in [3.8, 4) is 0 Å². The van der Waals surface area contributed by atoms with Crippen LogP contribution in [0.4, 0.5) is 4.79 Å². The first-order valence-corrected chi connectivity index (χ1v) is 4.27. The standard InChI is InChI=1S/C8H15N3O2/c1-8(2,5-6(9)12)11-4-3-10-7(11)13/h3-5H2,1-2H3,(H2,9,12)(H,10,13). The second-order valence-corrected chi connectivity index (χ2v) is 3.84. The van der Waals surface area contributed by atoms with Gasteiger partial charge < -0.3 is 16.0 Å². The third kappa shape index (κ3) is 2.11. The van der Waals surface area contributed by atoms with E-state index < -0.39 is 5.54 Å². The minimum Gasteiger partial charge on any atom is -0.370 e. The van der Waals surface area contributed by atoms with Gasteiger partial charge in [-0.2, -0.15) is 0 Å². The van der Waals surface area contributed by atoms with Crippen LogP contribution in [0.1, 0.15) is 20.3 Å². The molecule has 0 aromatic heterocycles. The van der Waals surface area contributed by atoms with E-state index in [-0.39, 0.29) is 18.4 Å². The Balaban J connectivity index is 2.67. The highest BCUT2D eigenvalue weighted by Gasteiger charge is 2.34. The molecule has 0 aromatic rings. The van der Waals surface area contributed by atoms with Gasteiger partial charge in [-0.15, -0.1) is 0 Å². The Bertz CT molecular complexity index is 238. The van der Waals surface area contributed by atoms with Crippen LogP contribution in [0, 0.1) is 0 Å². The van der Waals surface area contributed by atoms with E-state index in [0.29, 0.717) is 13.1 Å². The lowest BCUT2D eigenvalue weighted by atomic mass is 9.98. The minimum atomic E-state index is -0.480. The van der Waals surface area contributed by atoms with E-state index in [0.717, 1.165) is 0 Å². The molecule has 1 aliphatic rings. The summed E-state index contributed by atoms with van der Waals surface area (Å²) in [6.07, 6.45) is 0.195. The molecule has 3 N–H and O–H groups in total. The predicted molar refractivity (Wildman–Crippen MR) is 48.0 cm³/mol. The molecular weight excluding hydrogens is 170 g/mol. The van der Waals surface area contributed by atoms with Gasteiger partial charge in [-0.25, -0.2) is 4.79 Å². The molecule has 0 aromatic carbocycles. The summed E-state index contributed by atoms with van der Waals surface area (Å²) in [7, 11) is 0. The molecule has 0 atom stereocenters. The smallest absolute Gasteiger partial charge is 0.317 e. The Morgan fingerprint density at radius 1 is 1.69 bits per heavy atom. The summed E-state index contributed by atoms with van der Waals surface area (Å²) >= 11 is 0. The zero-order chi connectivity index (χ0) is 10.1. The normalized spacial score (nSPS) is 17.4. The first-order chi connectivity index (χ1) is 5.93. The van der Waals surface area contributed by atoms with Crippen molar-refractivity contribution in [2.24, 2.45) is 5.73 Å². The van der Waals surface area contributed by atoms with Gasteiger partial charge in [0.05, 0.1) is 0 Å². The molecule has 74 valence electrons. The summed E-state index contributed by atoms with van der Waals surface area (Å²) in [5.74, 6) is -0.385. The van der Waals surface area contributed by atoms with Crippen molar-refractivity contribution in [2.45, 2.75) is 25.8 Å². The fraction of sp³-hybridized carbons (Fsp3) is 0.750. The minimum absolute atomic E-state index is 0.119. The van der Waals surface area contributed by atoms with Gasteiger partial charge >= 0.3 is 6.03 Å². The summed E-state index contributed by atoms with van der Waals surface area (Å²) < 4.78 is 0. The Morgan fingerprint density at radius 2 is 2.31 bits per heavy atom. The van der Waals surface area contributed by atoms with Gasteiger partial charge in [-0.05, 0) is 13.8 Å². The van der Waals surface area contributed by atoms with Crippen molar-refractivity contribution in [1.29, 1.82) is 0 Å². The molecular formula is C8H15N3O2. The molecule has 1 saturated heterocycles. The third-order valence-corrected chi connectivity index (χ3v) is 2.19. The molecule has 1 fully saturated rings. The highest BCUT2D eigenvalue weighted by molar-refractivity contribution is 5.80. The molecule has 1 heterocycles. The summed E-state index contributed by atoms with van der Waals surface area (Å²) in [4.78, 5) is 23.6. The number of amides is 3. The molecule has 13 heavy (non-hydrogen) atoms. The number of nitrogens with two attached hydrogens (primary N) is 1. The van der Waals surface area contributed by atoms with Crippen LogP contribution in [0.5, 0.6) is 0 Å². The molecule has 0 saturated carbocycles. The van der Waals surface area contributed by atoms with Gasteiger partial charge in [0.2, 0.25) is 5.91 Å². The molecule has 1 aliphatic heterocycles. The highest BCUT2D eigenvalue weighted by Crippen LogP contribution is 2.20. The second-order valence-electron chi connectivity index (χ2n) is 3.84. The maximum atomic E-state index is 11.3. The first-order valence-electron chi connectivity index (χ1n) is 4.27. The molecule has 5 nitrogen and oxygen atoms in total. The van der Waals surface area contributed by atoms with Crippen LogP contribution in [-0.2, 0) is 4.79 Å². The molecule has 0 unspecified atom stereocenters. The number of carbonyl (C=O) groups is 2. The Labute approximate surface area is 77.3 Å². The van der Waals surface area contributed by atoms with Crippen molar-refractivity contribution in [1.82, 2.24) is 10.2 Å². The van der Waals surface area contributed by atoms with E-state index in [1.54, 1.807) is 4.90 Å². The Hall–Kier alpha value is -1.26. The number of nitrogens with zero attached hydrogens (tertiary/aromatic N) is 1. The van der Waals surface area contributed by atoms with Gasteiger partial charge in [0.25, 0.3) is 0 Å². The van der Waals surface area contributed by atoms with Gasteiger partial charge in [-0.1, -0.05) is 0 Å². The number of rotatable bonds is 3. The average Bonchev–Trinajstić information content (AvgIpc) is 2.32. The molecule has 0 aliphatic carbocycles. The van der Waals surface area contributed by atoms with Crippen LogP contribution in [0.3, 0.4) is 0 Å². The van der Waals surface area contributed by atoms with Gasteiger partial charge in [-0.3, -0.25) is 4.79 Å². The van der Waals surface area contributed by atoms with Gasteiger partial charge in [0.15, 0.2) is 0 Å². The zero-order valence-electron chi connectivity index (χ0n) is 7.96. The van der Waals surface area contributed by atoms with Gasteiger partial charge in [0, 0.05) is 25.0 Å². The number of urea groups is 1. The van der Waals surface area contributed by atoms with Crippen molar-refractivity contribution in [3.05, 3.63) is 0 Å². The van der Waals surface area contributed by atoms with Crippen molar-refractivity contribution in [2.75, 3.05) is 13.1 Å². The molecule has 0 bridgehead atoms. The van der Waals surface area contributed by atoms with E-state index in [1.165, 1.54) is 0 Å². The van der Waals surface area contributed by atoms with Crippen LogP contribution in [0.25, 0.3) is 0 Å². The van der Waals surface area contributed by atoms with Crippen molar-refractivity contribution < 1.29 is 9.59 Å². The highest BCUT2D eigenvalue weighted by atomic mass is 16.2. The number of hydrogen-bond acceptors (Lipinski definition) is 2. The summed E-state index contributed by atoms with van der Waals surface area (Å²) in [6.45, 7) is 4.95. The summed E-state index contributed by atoms with van der Waals surface area (Å²) in [6, 6.07) is -0.119. The largest absolute Gasteiger partial charge is 0.370 e. The van der Waals surface area contributed by atoms with Crippen molar-refractivity contribution in [3.63, 3.8) is 0 Å².